The van der Waals surface area contributed by atoms with Crippen LogP contribution in [0, 0.1) is 13.8 Å². The number of esters is 1. The van der Waals surface area contributed by atoms with E-state index in [-0.39, 0.29) is 23.9 Å². The molecule has 106 valence electrons. The molecule has 0 amide bonds. The Kier molecular flexibility index (Phi) is 3.55. The van der Waals surface area contributed by atoms with Gasteiger partial charge >= 0.3 is 18.0 Å². The molecule has 0 unspecified atom stereocenters. The van der Waals surface area contributed by atoms with Crippen LogP contribution in [-0.4, -0.2) is 38.4 Å². The van der Waals surface area contributed by atoms with Crippen molar-refractivity contribution < 1.29 is 23.8 Å². The second-order valence-electron chi connectivity index (χ2n) is 4.00. The van der Waals surface area contributed by atoms with Crippen LogP contribution in [0.4, 0.5) is 0 Å². The van der Waals surface area contributed by atoms with Crippen LogP contribution in [-0.2, 0) is 4.74 Å². The quantitative estimate of drug-likeness (QED) is 0.841. The van der Waals surface area contributed by atoms with E-state index in [2.05, 4.69) is 10.1 Å². The van der Waals surface area contributed by atoms with Crippen molar-refractivity contribution in [1.29, 1.82) is 0 Å². The fraction of sp³-hybridized carbons (Fsp3) is 0.333. The van der Waals surface area contributed by atoms with Crippen molar-refractivity contribution in [3.8, 4) is 6.01 Å². The highest BCUT2D eigenvalue weighted by Gasteiger charge is 2.22. The van der Waals surface area contributed by atoms with Crippen molar-refractivity contribution in [1.82, 2.24) is 14.8 Å². The first-order valence-corrected chi connectivity index (χ1v) is 5.88. The zero-order valence-corrected chi connectivity index (χ0v) is 11.2. The lowest BCUT2D eigenvalue weighted by Crippen LogP contribution is -2.06. The lowest BCUT2D eigenvalue weighted by Gasteiger charge is -1.98. The minimum absolute atomic E-state index is 0.00581. The van der Waals surface area contributed by atoms with E-state index in [4.69, 9.17) is 14.3 Å². The predicted octanol–water partition coefficient (Wildman–Crippen LogP) is 1.35. The summed E-state index contributed by atoms with van der Waals surface area (Å²) in [5.41, 5.74) is 0.797. The number of carbonyl (C=O) groups excluding carboxylic acids is 1. The van der Waals surface area contributed by atoms with Gasteiger partial charge < -0.3 is 14.3 Å². The summed E-state index contributed by atoms with van der Waals surface area (Å²) < 4.78 is 11.2. The number of rotatable bonds is 4. The van der Waals surface area contributed by atoms with Gasteiger partial charge in [-0.25, -0.2) is 9.59 Å². The Hall–Kier alpha value is -2.64. The van der Waals surface area contributed by atoms with Gasteiger partial charge in [0.05, 0.1) is 18.0 Å². The number of oxazole rings is 1. The van der Waals surface area contributed by atoms with Crippen LogP contribution in [0.25, 0.3) is 6.01 Å². The molecule has 0 atom stereocenters. The van der Waals surface area contributed by atoms with Gasteiger partial charge in [-0.2, -0.15) is 14.8 Å². The maximum Gasteiger partial charge on any atom is 0.360 e. The highest BCUT2D eigenvalue weighted by molar-refractivity contribution is 5.90. The second kappa shape index (κ2) is 5.16. The lowest BCUT2D eigenvalue weighted by atomic mass is 10.2. The van der Waals surface area contributed by atoms with Crippen molar-refractivity contribution in [2.24, 2.45) is 0 Å². The molecule has 2 aromatic rings. The summed E-state index contributed by atoms with van der Waals surface area (Å²) in [5, 5.41) is 13.1. The van der Waals surface area contributed by atoms with Gasteiger partial charge in [0.25, 0.3) is 0 Å². The standard InChI is InChI=1S/C12H13N3O5/c1-4-19-11(18)8-5-20-12(13-8)15-7(3)9(10(16)17)6(2)14-15/h5H,4H2,1-3H3,(H,16,17). The van der Waals surface area contributed by atoms with Gasteiger partial charge in [0.15, 0.2) is 5.69 Å². The molecule has 0 spiro atoms. The molecular weight excluding hydrogens is 266 g/mol. The first-order chi connectivity index (χ1) is 9.45. The number of ether oxygens (including phenoxy) is 1. The van der Waals surface area contributed by atoms with E-state index in [9.17, 15) is 9.59 Å². The third-order valence-electron chi connectivity index (χ3n) is 2.66. The van der Waals surface area contributed by atoms with E-state index in [0.717, 1.165) is 6.26 Å². The molecule has 2 heterocycles. The van der Waals surface area contributed by atoms with Gasteiger partial charge in [-0.1, -0.05) is 0 Å². The molecule has 8 nitrogen and oxygen atoms in total. The molecule has 0 bridgehead atoms. The van der Waals surface area contributed by atoms with Gasteiger partial charge in [0.2, 0.25) is 0 Å². The zero-order chi connectivity index (χ0) is 14.9. The molecule has 0 fully saturated rings. The summed E-state index contributed by atoms with van der Waals surface area (Å²) in [5.74, 6) is -1.69. The smallest absolute Gasteiger partial charge is 0.360 e. The van der Waals surface area contributed by atoms with Crippen molar-refractivity contribution in [2.45, 2.75) is 20.8 Å². The number of aromatic nitrogens is 3. The van der Waals surface area contributed by atoms with E-state index < -0.39 is 11.9 Å². The topological polar surface area (TPSA) is 107 Å². The Morgan fingerprint density at radius 1 is 1.45 bits per heavy atom. The number of carbonyl (C=O) groups is 2. The normalized spacial score (nSPS) is 10.6. The Morgan fingerprint density at radius 3 is 2.70 bits per heavy atom. The van der Waals surface area contributed by atoms with Crippen LogP contribution in [0.15, 0.2) is 10.7 Å². The minimum atomic E-state index is -1.08. The molecule has 2 aromatic heterocycles. The van der Waals surface area contributed by atoms with Crippen molar-refractivity contribution in [2.75, 3.05) is 6.61 Å². The van der Waals surface area contributed by atoms with E-state index in [1.54, 1.807) is 20.8 Å². The number of hydrogen-bond acceptors (Lipinski definition) is 6. The summed E-state index contributed by atoms with van der Waals surface area (Å²) in [6.45, 7) is 5.06. The van der Waals surface area contributed by atoms with Gasteiger partial charge in [-0.05, 0) is 20.8 Å². The van der Waals surface area contributed by atoms with Crippen LogP contribution in [0.1, 0.15) is 39.2 Å². The van der Waals surface area contributed by atoms with Gasteiger partial charge in [-0.15, -0.1) is 0 Å². The Labute approximate surface area is 114 Å². The summed E-state index contributed by atoms with van der Waals surface area (Å²) in [7, 11) is 0. The number of carboxylic acid groups (broad SMARTS) is 1. The minimum Gasteiger partial charge on any atom is -0.478 e. The molecule has 0 aliphatic carbocycles. The molecule has 0 saturated carbocycles. The second-order valence-corrected chi connectivity index (χ2v) is 4.00. The molecule has 0 aliphatic rings. The van der Waals surface area contributed by atoms with Crippen LogP contribution >= 0.6 is 0 Å². The van der Waals surface area contributed by atoms with Crippen LogP contribution < -0.4 is 0 Å². The number of aromatic carboxylic acids is 1. The zero-order valence-electron chi connectivity index (χ0n) is 11.2. The average Bonchev–Trinajstić information content (AvgIpc) is 2.94. The fourth-order valence-electron chi connectivity index (χ4n) is 1.80. The van der Waals surface area contributed by atoms with Crippen LogP contribution in [0.5, 0.6) is 0 Å². The predicted molar refractivity (Wildman–Crippen MR) is 66.0 cm³/mol. The number of nitrogens with zero attached hydrogens (tertiary/aromatic N) is 3. The molecule has 0 radical (unpaired) electrons. The third-order valence-corrected chi connectivity index (χ3v) is 2.66. The number of carboxylic acids is 1. The van der Waals surface area contributed by atoms with E-state index in [1.165, 1.54) is 4.68 Å². The molecule has 2 rings (SSSR count). The maximum atomic E-state index is 11.5. The molecule has 0 saturated heterocycles. The summed E-state index contributed by atoms with van der Waals surface area (Å²) >= 11 is 0. The Morgan fingerprint density at radius 2 is 2.15 bits per heavy atom. The van der Waals surface area contributed by atoms with Crippen molar-refractivity contribution in [3.63, 3.8) is 0 Å². The Bertz CT molecular complexity index is 671. The van der Waals surface area contributed by atoms with Crippen LogP contribution in [0.2, 0.25) is 0 Å². The maximum absolute atomic E-state index is 11.5. The van der Waals surface area contributed by atoms with E-state index in [1.807, 2.05) is 0 Å². The monoisotopic (exact) mass is 279 g/mol. The van der Waals surface area contributed by atoms with Crippen LogP contribution in [0.3, 0.4) is 0 Å². The SMILES string of the molecule is CCOC(=O)c1coc(-n2nc(C)c(C(=O)O)c2C)n1. The highest BCUT2D eigenvalue weighted by atomic mass is 16.5. The van der Waals surface area contributed by atoms with Gasteiger partial charge in [0.1, 0.15) is 11.8 Å². The highest BCUT2D eigenvalue weighted by Crippen LogP contribution is 2.17. The largest absolute Gasteiger partial charge is 0.478 e. The molecule has 20 heavy (non-hydrogen) atoms. The summed E-state index contributed by atoms with van der Waals surface area (Å²) in [6, 6.07) is 0.0150. The lowest BCUT2D eigenvalue weighted by molar-refractivity contribution is 0.0519. The van der Waals surface area contributed by atoms with Crippen molar-refractivity contribution >= 4 is 11.9 Å². The van der Waals surface area contributed by atoms with Crippen molar-refractivity contribution in [3.05, 3.63) is 28.9 Å². The van der Waals surface area contributed by atoms with E-state index in [0.29, 0.717) is 11.4 Å². The molecule has 0 aromatic carbocycles. The average molecular weight is 279 g/mol. The number of aryl methyl sites for hydroxylation is 1. The molecule has 1 N–H and O–H groups in total. The van der Waals surface area contributed by atoms with Gasteiger partial charge in [0, 0.05) is 0 Å². The molecule has 8 heteroatoms. The molecule has 0 aliphatic heterocycles. The van der Waals surface area contributed by atoms with E-state index >= 15 is 0 Å². The third kappa shape index (κ3) is 2.27. The first-order valence-electron chi connectivity index (χ1n) is 5.88. The van der Waals surface area contributed by atoms with Gasteiger partial charge in [-0.3, -0.25) is 0 Å². The Balaban J connectivity index is 2.41. The summed E-state index contributed by atoms with van der Waals surface area (Å²) in [6.07, 6.45) is 1.14. The number of hydrogen-bond donors (Lipinski definition) is 1. The summed E-state index contributed by atoms with van der Waals surface area (Å²) in [4.78, 5) is 26.5. The molecular formula is C12H13N3O5. The first kappa shape index (κ1) is 13.8. The fourth-order valence-corrected chi connectivity index (χ4v) is 1.80.